The van der Waals surface area contributed by atoms with Gasteiger partial charge in [0.25, 0.3) is 0 Å². The molecule has 1 rings (SSSR count). The zero-order valence-electron chi connectivity index (χ0n) is 9.03. The molecule has 78 valence electrons. The van der Waals surface area contributed by atoms with Crippen LogP contribution in [0.2, 0.25) is 0 Å². The monoisotopic (exact) mass is 186 g/mol. The molecule has 0 aromatic carbocycles. The highest BCUT2D eigenvalue weighted by Crippen LogP contribution is 2.15. The summed E-state index contributed by atoms with van der Waals surface area (Å²) < 4.78 is 0. The molecule has 0 aromatic heterocycles. The van der Waals surface area contributed by atoms with E-state index in [2.05, 4.69) is 30.7 Å². The maximum absolute atomic E-state index is 8.93. The fraction of sp³-hybridized carbons (Fsp3) is 1.00. The Labute approximate surface area is 81.3 Å². The van der Waals surface area contributed by atoms with Gasteiger partial charge in [0, 0.05) is 32.2 Å². The zero-order chi connectivity index (χ0) is 9.84. The summed E-state index contributed by atoms with van der Waals surface area (Å²) in [4.78, 5) is 4.78. The second-order valence-electron chi connectivity index (χ2n) is 4.33. The van der Waals surface area contributed by atoms with Gasteiger partial charge < -0.3 is 10.0 Å². The predicted octanol–water partition coefficient (Wildman–Crippen LogP) is 0.251. The van der Waals surface area contributed by atoms with Crippen LogP contribution in [0.1, 0.15) is 13.8 Å². The normalized spacial score (nSPS) is 27.0. The Hall–Kier alpha value is -0.120. The molecule has 1 heterocycles. The van der Waals surface area contributed by atoms with Gasteiger partial charge in [-0.3, -0.25) is 4.90 Å². The molecule has 1 aliphatic heterocycles. The lowest BCUT2D eigenvalue weighted by Gasteiger charge is -2.41. The summed E-state index contributed by atoms with van der Waals surface area (Å²) >= 11 is 0. The fourth-order valence-corrected chi connectivity index (χ4v) is 2.03. The van der Waals surface area contributed by atoms with Gasteiger partial charge in [0.2, 0.25) is 0 Å². The van der Waals surface area contributed by atoms with Crippen molar-refractivity contribution in [3.8, 4) is 0 Å². The quantitative estimate of drug-likeness (QED) is 0.684. The van der Waals surface area contributed by atoms with Crippen molar-refractivity contribution >= 4 is 0 Å². The van der Waals surface area contributed by atoms with E-state index < -0.39 is 0 Å². The number of piperazine rings is 1. The highest BCUT2D eigenvalue weighted by Gasteiger charge is 2.26. The third-order valence-electron chi connectivity index (χ3n) is 2.89. The summed E-state index contributed by atoms with van der Waals surface area (Å²) in [5, 5.41) is 8.93. The zero-order valence-corrected chi connectivity index (χ0v) is 9.03. The topological polar surface area (TPSA) is 26.7 Å². The first kappa shape index (κ1) is 11.0. The molecule has 1 unspecified atom stereocenters. The number of rotatable bonds is 3. The number of β-amino-alcohol motifs (C(OH)–C–C–N with tert-alkyl or cyclic N) is 1. The average Bonchev–Trinajstić information content (AvgIpc) is 2.08. The summed E-state index contributed by atoms with van der Waals surface area (Å²) in [6, 6.07) is 0.617. The largest absolute Gasteiger partial charge is 0.395 e. The molecule has 0 bridgehead atoms. The molecule has 1 aliphatic rings. The van der Waals surface area contributed by atoms with Crippen molar-refractivity contribution in [1.82, 2.24) is 9.80 Å². The van der Waals surface area contributed by atoms with E-state index >= 15 is 0 Å². The highest BCUT2D eigenvalue weighted by molar-refractivity contribution is 4.82. The summed E-state index contributed by atoms with van der Waals surface area (Å²) in [6.45, 7) is 8.99. The lowest BCUT2D eigenvalue weighted by atomic mass is 10.00. The first-order chi connectivity index (χ1) is 6.15. The molecule has 0 saturated carbocycles. The molecule has 0 amide bonds. The van der Waals surface area contributed by atoms with Crippen LogP contribution in [0.3, 0.4) is 0 Å². The van der Waals surface area contributed by atoms with Crippen molar-refractivity contribution in [2.75, 3.05) is 39.8 Å². The van der Waals surface area contributed by atoms with Crippen LogP contribution in [0.15, 0.2) is 0 Å². The van der Waals surface area contributed by atoms with Crippen molar-refractivity contribution in [3.63, 3.8) is 0 Å². The molecule has 3 nitrogen and oxygen atoms in total. The van der Waals surface area contributed by atoms with E-state index in [1.165, 1.54) is 0 Å². The van der Waals surface area contributed by atoms with Gasteiger partial charge in [-0.05, 0) is 13.0 Å². The van der Waals surface area contributed by atoms with Crippen molar-refractivity contribution in [3.05, 3.63) is 0 Å². The van der Waals surface area contributed by atoms with Gasteiger partial charge in [-0.2, -0.15) is 0 Å². The first-order valence-corrected chi connectivity index (χ1v) is 5.18. The smallest absolute Gasteiger partial charge is 0.0558 e. The van der Waals surface area contributed by atoms with Crippen LogP contribution in [0.25, 0.3) is 0 Å². The lowest BCUT2D eigenvalue weighted by Crippen LogP contribution is -2.54. The van der Waals surface area contributed by atoms with Gasteiger partial charge in [0.05, 0.1) is 6.61 Å². The van der Waals surface area contributed by atoms with Crippen LogP contribution >= 0.6 is 0 Å². The number of hydrogen-bond donors (Lipinski definition) is 1. The van der Waals surface area contributed by atoms with Gasteiger partial charge in [-0.1, -0.05) is 13.8 Å². The number of hydrogen-bond acceptors (Lipinski definition) is 3. The predicted molar refractivity (Wildman–Crippen MR) is 54.8 cm³/mol. The number of aliphatic hydroxyl groups is 1. The molecule has 0 aromatic rings. The summed E-state index contributed by atoms with van der Waals surface area (Å²) in [5.41, 5.74) is 0. The molecule has 1 N–H and O–H groups in total. The Morgan fingerprint density at radius 3 is 2.62 bits per heavy atom. The molecule has 0 aliphatic carbocycles. The summed E-state index contributed by atoms with van der Waals surface area (Å²) in [6.07, 6.45) is 0. The van der Waals surface area contributed by atoms with Crippen LogP contribution < -0.4 is 0 Å². The molecule has 13 heavy (non-hydrogen) atoms. The van der Waals surface area contributed by atoms with E-state index in [9.17, 15) is 0 Å². The molecular formula is C10H22N2O. The fourth-order valence-electron chi connectivity index (χ4n) is 2.03. The molecule has 1 fully saturated rings. The molecule has 1 atom stereocenters. The van der Waals surface area contributed by atoms with Crippen molar-refractivity contribution in [2.24, 2.45) is 5.92 Å². The van der Waals surface area contributed by atoms with Crippen LogP contribution in [0.4, 0.5) is 0 Å². The summed E-state index contributed by atoms with van der Waals surface area (Å²) in [7, 11) is 2.17. The van der Waals surface area contributed by atoms with Crippen LogP contribution in [0.5, 0.6) is 0 Å². The van der Waals surface area contributed by atoms with E-state index in [0.29, 0.717) is 12.0 Å². The molecule has 0 radical (unpaired) electrons. The Kier molecular flexibility index (Phi) is 4.16. The molecular weight excluding hydrogens is 164 g/mol. The van der Waals surface area contributed by atoms with Gasteiger partial charge in [-0.25, -0.2) is 0 Å². The highest BCUT2D eigenvalue weighted by atomic mass is 16.3. The maximum atomic E-state index is 8.93. The number of aliphatic hydroxyl groups excluding tert-OH is 1. The van der Waals surface area contributed by atoms with E-state index in [1.54, 1.807) is 0 Å². The minimum absolute atomic E-state index is 0.285. The minimum Gasteiger partial charge on any atom is -0.395 e. The lowest BCUT2D eigenvalue weighted by molar-refractivity contribution is 0.0495. The molecule has 3 heteroatoms. The standard InChI is InChI=1S/C10H22N2O/c1-9(2)10-8-11(3)4-5-12(10)6-7-13/h9-10,13H,4-8H2,1-3H3. The number of nitrogens with zero attached hydrogens (tertiary/aromatic N) is 2. The number of likely N-dealkylation sites (N-methyl/N-ethyl adjacent to an activating group) is 1. The van der Waals surface area contributed by atoms with Crippen LogP contribution in [-0.4, -0.2) is 60.8 Å². The van der Waals surface area contributed by atoms with Crippen LogP contribution in [0, 0.1) is 5.92 Å². The second-order valence-corrected chi connectivity index (χ2v) is 4.33. The van der Waals surface area contributed by atoms with Gasteiger partial charge in [0.1, 0.15) is 0 Å². The molecule has 1 saturated heterocycles. The van der Waals surface area contributed by atoms with Crippen molar-refractivity contribution in [1.29, 1.82) is 0 Å². The van der Waals surface area contributed by atoms with Crippen molar-refractivity contribution in [2.45, 2.75) is 19.9 Å². The first-order valence-electron chi connectivity index (χ1n) is 5.18. The average molecular weight is 186 g/mol. The van der Waals surface area contributed by atoms with E-state index in [4.69, 9.17) is 5.11 Å². The minimum atomic E-state index is 0.285. The van der Waals surface area contributed by atoms with E-state index in [-0.39, 0.29) is 6.61 Å². The maximum Gasteiger partial charge on any atom is 0.0558 e. The third-order valence-corrected chi connectivity index (χ3v) is 2.89. The SMILES string of the molecule is CC(C)C1CN(C)CCN1CCO. The van der Waals surface area contributed by atoms with E-state index in [0.717, 1.165) is 26.2 Å². The Morgan fingerprint density at radius 2 is 2.08 bits per heavy atom. The van der Waals surface area contributed by atoms with Gasteiger partial charge in [0.15, 0.2) is 0 Å². The Morgan fingerprint density at radius 1 is 1.38 bits per heavy atom. The van der Waals surface area contributed by atoms with Crippen molar-refractivity contribution < 1.29 is 5.11 Å². The molecule has 0 spiro atoms. The third kappa shape index (κ3) is 2.93. The Bertz CT molecular complexity index is 150. The Balaban J connectivity index is 2.50. The van der Waals surface area contributed by atoms with Crippen LogP contribution in [-0.2, 0) is 0 Å². The van der Waals surface area contributed by atoms with Gasteiger partial charge in [-0.15, -0.1) is 0 Å². The van der Waals surface area contributed by atoms with E-state index in [1.807, 2.05) is 0 Å². The van der Waals surface area contributed by atoms with Gasteiger partial charge >= 0.3 is 0 Å². The second kappa shape index (κ2) is 4.94. The summed E-state index contributed by atoms with van der Waals surface area (Å²) in [5.74, 6) is 0.675.